The first kappa shape index (κ1) is 21.2. The Kier molecular flexibility index (Phi) is 5.55. The monoisotopic (exact) mass is 448 g/mol. The first-order valence-electron chi connectivity index (χ1n) is 10.1. The Labute approximate surface area is 182 Å². The molecule has 1 aliphatic heterocycles. The van der Waals surface area contributed by atoms with Crippen LogP contribution in [0.1, 0.15) is 36.0 Å². The molecule has 6 nitrogen and oxygen atoms in total. The van der Waals surface area contributed by atoms with Gasteiger partial charge in [0, 0.05) is 36.4 Å². The summed E-state index contributed by atoms with van der Waals surface area (Å²) in [6.45, 7) is 5.22. The highest BCUT2D eigenvalue weighted by Crippen LogP contribution is 2.36. The number of sulfonamides is 1. The number of carboxylic acid groups (broad SMARTS) is 1. The van der Waals surface area contributed by atoms with E-state index in [-0.39, 0.29) is 10.9 Å². The summed E-state index contributed by atoms with van der Waals surface area (Å²) in [5.41, 5.74) is 3.54. The second-order valence-corrected chi connectivity index (χ2v) is 10.5. The molecule has 4 rings (SSSR count). The Morgan fingerprint density at radius 1 is 1.17 bits per heavy atom. The second kappa shape index (κ2) is 7.87. The number of aliphatic carboxylic acids is 1. The lowest BCUT2D eigenvalue weighted by molar-refractivity contribution is -0.138. The van der Waals surface area contributed by atoms with Gasteiger partial charge in [-0.05, 0) is 67.6 Å². The van der Waals surface area contributed by atoms with Crippen LogP contribution in [-0.2, 0) is 21.2 Å². The molecule has 2 aromatic rings. The van der Waals surface area contributed by atoms with E-state index in [4.69, 9.17) is 11.6 Å². The van der Waals surface area contributed by atoms with Gasteiger partial charge in [-0.3, -0.25) is 4.79 Å². The van der Waals surface area contributed by atoms with Crippen LogP contribution in [-0.4, -0.2) is 49.5 Å². The average Bonchev–Trinajstić information content (AvgIpc) is 3.13. The lowest BCUT2D eigenvalue weighted by Crippen LogP contribution is -2.53. The zero-order valence-corrected chi connectivity index (χ0v) is 18.6. The lowest BCUT2D eigenvalue weighted by atomic mass is 10.0. The van der Waals surface area contributed by atoms with E-state index in [2.05, 4.69) is 4.90 Å². The van der Waals surface area contributed by atoms with Gasteiger partial charge in [0.25, 0.3) is 0 Å². The first-order valence-corrected chi connectivity index (χ1v) is 11.9. The molecule has 1 saturated heterocycles. The predicted octanol–water partition coefficient (Wildman–Crippen LogP) is 3.66. The Hall–Kier alpha value is -2.09. The zero-order chi connectivity index (χ0) is 21.6. The number of rotatable bonds is 4. The third kappa shape index (κ3) is 3.70. The maximum atomic E-state index is 13.3. The van der Waals surface area contributed by atoms with E-state index >= 15 is 0 Å². The molecule has 30 heavy (non-hydrogen) atoms. The number of piperazine rings is 1. The van der Waals surface area contributed by atoms with Crippen LogP contribution in [0.25, 0.3) is 0 Å². The Morgan fingerprint density at radius 3 is 2.60 bits per heavy atom. The summed E-state index contributed by atoms with van der Waals surface area (Å²) >= 11 is 6.27. The van der Waals surface area contributed by atoms with Crippen LogP contribution in [0.4, 0.5) is 5.69 Å². The molecule has 0 aromatic heterocycles. The zero-order valence-electron chi connectivity index (χ0n) is 17.0. The predicted molar refractivity (Wildman–Crippen MR) is 117 cm³/mol. The van der Waals surface area contributed by atoms with Crippen molar-refractivity contribution in [2.75, 3.05) is 24.5 Å². The van der Waals surface area contributed by atoms with Gasteiger partial charge in [0.1, 0.15) is 0 Å². The number of carboxylic acids is 1. The van der Waals surface area contributed by atoms with Crippen molar-refractivity contribution in [2.24, 2.45) is 0 Å². The van der Waals surface area contributed by atoms with Crippen LogP contribution in [0.2, 0.25) is 5.02 Å². The molecular formula is C22H25ClN2O4S. The molecule has 1 fully saturated rings. The van der Waals surface area contributed by atoms with Gasteiger partial charge in [-0.2, -0.15) is 4.31 Å². The molecule has 1 unspecified atom stereocenters. The summed E-state index contributed by atoms with van der Waals surface area (Å²) in [6.07, 6.45) is 1.18. The van der Waals surface area contributed by atoms with Crippen LogP contribution >= 0.6 is 11.6 Å². The third-order valence-corrected chi connectivity index (χ3v) is 8.48. The number of hydrogen-bond donors (Lipinski definition) is 1. The largest absolute Gasteiger partial charge is 0.481 e. The molecule has 160 valence electrons. The van der Waals surface area contributed by atoms with E-state index in [0.717, 1.165) is 16.8 Å². The van der Waals surface area contributed by atoms with E-state index in [0.29, 0.717) is 43.1 Å². The van der Waals surface area contributed by atoms with E-state index in [1.807, 2.05) is 32.0 Å². The average molecular weight is 449 g/mol. The molecule has 1 aliphatic carbocycles. The van der Waals surface area contributed by atoms with E-state index in [9.17, 15) is 18.3 Å². The third-order valence-electron chi connectivity index (χ3n) is 6.21. The minimum atomic E-state index is -3.70. The van der Waals surface area contributed by atoms with Crippen molar-refractivity contribution in [3.05, 3.63) is 58.1 Å². The fourth-order valence-electron chi connectivity index (χ4n) is 4.43. The van der Waals surface area contributed by atoms with Crippen LogP contribution in [0.5, 0.6) is 0 Å². The van der Waals surface area contributed by atoms with Crippen molar-refractivity contribution in [1.29, 1.82) is 0 Å². The first-order chi connectivity index (χ1) is 14.2. The van der Waals surface area contributed by atoms with E-state index in [1.165, 1.54) is 4.31 Å². The molecular weight excluding hydrogens is 424 g/mol. The van der Waals surface area contributed by atoms with Gasteiger partial charge in [-0.1, -0.05) is 23.7 Å². The van der Waals surface area contributed by atoms with Gasteiger partial charge in [0.2, 0.25) is 10.0 Å². The molecule has 8 heteroatoms. The van der Waals surface area contributed by atoms with Crippen LogP contribution < -0.4 is 4.90 Å². The van der Waals surface area contributed by atoms with Crippen molar-refractivity contribution in [2.45, 2.75) is 43.5 Å². The van der Waals surface area contributed by atoms with Crippen molar-refractivity contribution >= 4 is 33.3 Å². The summed E-state index contributed by atoms with van der Waals surface area (Å²) in [6, 6.07) is 10.8. The fourth-order valence-corrected chi connectivity index (χ4v) is 6.16. The Morgan fingerprint density at radius 2 is 1.93 bits per heavy atom. The number of hydrogen-bond acceptors (Lipinski definition) is 4. The van der Waals surface area contributed by atoms with Crippen molar-refractivity contribution in [1.82, 2.24) is 4.31 Å². The molecule has 2 aromatic carbocycles. The number of anilines is 1. The normalized spacial score (nSPS) is 22.2. The van der Waals surface area contributed by atoms with E-state index in [1.54, 1.807) is 18.2 Å². The van der Waals surface area contributed by atoms with Gasteiger partial charge in [-0.25, -0.2) is 8.42 Å². The maximum absolute atomic E-state index is 13.3. The fraction of sp³-hybridized carbons (Fsp3) is 0.409. The van der Waals surface area contributed by atoms with Crippen LogP contribution in [0, 0.1) is 6.92 Å². The number of halogens is 1. The van der Waals surface area contributed by atoms with Crippen LogP contribution in [0.3, 0.4) is 0 Å². The lowest BCUT2D eigenvalue weighted by Gasteiger charge is -2.40. The number of benzene rings is 2. The number of fused-ring (bicyclic) bond motifs is 1. The SMILES string of the molecule is Cc1ccc(N2CCN(S(=O)(=O)c3ccc4c(c3)C(C(=O)O)CC4)C[C@@H]2C)cc1Cl. The number of aryl methyl sites for hydroxylation is 2. The number of carbonyl (C=O) groups is 1. The topological polar surface area (TPSA) is 77.9 Å². The summed E-state index contributed by atoms with van der Waals surface area (Å²) in [5, 5.41) is 10.1. The Bertz CT molecular complexity index is 1100. The molecule has 2 aliphatic rings. The molecule has 2 atom stereocenters. The highest BCUT2D eigenvalue weighted by Gasteiger charge is 2.35. The van der Waals surface area contributed by atoms with E-state index < -0.39 is 21.9 Å². The van der Waals surface area contributed by atoms with Gasteiger partial charge in [0.15, 0.2) is 0 Å². The molecule has 1 N–H and O–H groups in total. The van der Waals surface area contributed by atoms with Gasteiger partial charge in [-0.15, -0.1) is 0 Å². The molecule has 0 amide bonds. The molecule has 0 saturated carbocycles. The van der Waals surface area contributed by atoms with Gasteiger partial charge >= 0.3 is 5.97 Å². The minimum Gasteiger partial charge on any atom is -0.481 e. The van der Waals surface area contributed by atoms with Crippen molar-refractivity contribution in [3.8, 4) is 0 Å². The highest BCUT2D eigenvalue weighted by atomic mass is 35.5. The minimum absolute atomic E-state index is 0.0199. The highest BCUT2D eigenvalue weighted by molar-refractivity contribution is 7.89. The number of nitrogens with zero attached hydrogens (tertiary/aromatic N) is 2. The van der Waals surface area contributed by atoms with Crippen molar-refractivity contribution in [3.63, 3.8) is 0 Å². The summed E-state index contributed by atoms with van der Waals surface area (Å²) in [7, 11) is -3.70. The van der Waals surface area contributed by atoms with Gasteiger partial charge in [0.05, 0.1) is 10.8 Å². The molecule has 1 heterocycles. The summed E-state index contributed by atoms with van der Waals surface area (Å²) < 4.78 is 28.1. The standard InChI is InChI=1S/C22H25ClN2O4S/c1-14-3-6-17(11-21(14)23)25-10-9-24(13-15(25)2)30(28,29)18-7-4-16-5-8-19(22(26)27)20(16)12-18/h3-4,6-7,11-12,15,19H,5,8-10,13H2,1-2H3,(H,26,27)/t15-,19?/m0/s1. The molecule has 0 spiro atoms. The maximum Gasteiger partial charge on any atom is 0.310 e. The van der Waals surface area contributed by atoms with Crippen LogP contribution in [0.15, 0.2) is 41.3 Å². The van der Waals surface area contributed by atoms with Gasteiger partial charge < -0.3 is 10.0 Å². The second-order valence-electron chi connectivity index (χ2n) is 8.13. The molecule has 0 bridgehead atoms. The summed E-state index contributed by atoms with van der Waals surface area (Å²) in [5.74, 6) is -1.53. The Balaban J connectivity index is 1.56. The quantitative estimate of drug-likeness (QED) is 0.772. The molecule has 0 radical (unpaired) electrons. The van der Waals surface area contributed by atoms with Crippen molar-refractivity contribution < 1.29 is 18.3 Å². The smallest absolute Gasteiger partial charge is 0.310 e. The summed E-state index contributed by atoms with van der Waals surface area (Å²) in [4.78, 5) is 13.9.